The van der Waals surface area contributed by atoms with Gasteiger partial charge in [0.05, 0.1) is 5.56 Å². The smallest absolute Gasteiger partial charge is 0.389 e. The van der Waals surface area contributed by atoms with Crippen LogP contribution in [0.2, 0.25) is 0 Å². The molecule has 0 spiro atoms. The molecule has 35 heavy (non-hydrogen) atoms. The van der Waals surface area contributed by atoms with Gasteiger partial charge in [0.15, 0.2) is 6.04 Å². The van der Waals surface area contributed by atoms with Crippen molar-refractivity contribution in [3.63, 3.8) is 0 Å². The average molecular weight is 485 g/mol. The molecular weight excluding hydrogens is 463 g/mol. The van der Waals surface area contributed by atoms with Crippen molar-refractivity contribution in [2.45, 2.75) is 31.5 Å². The number of carboxylic acid groups (broad SMARTS) is 1. The fourth-order valence-electron chi connectivity index (χ4n) is 3.43. The zero-order valence-electron chi connectivity index (χ0n) is 18.4. The normalized spacial score (nSPS) is 12.0. The van der Waals surface area contributed by atoms with Crippen molar-refractivity contribution in [1.82, 2.24) is 5.32 Å². The molecule has 0 aliphatic carbocycles. The second kappa shape index (κ2) is 11.3. The summed E-state index contributed by atoms with van der Waals surface area (Å²) in [7, 11) is 0. The lowest BCUT2D eigenvalue weighted by Crippen LogP contribution is -2.34. The van der Waals surface area contributed by atoms with E-state index in [-0.39, 0.29) is 40.8 Å². The van der Waals surface area contributed by atoms with E-state index in [9.17, 15) is 32.7 Å². The number of ether oxygens (including phenoxy) is 1. The van der Waals surface area contributed by atoms with Crippen LogP contribution in [0.5, 0.6) is 5.75 Å². The van der Waals surface area contributed by atoms with Gasteiger partial charge in [0.2, 0.25) is 0 Å². The summed E-state index contributed by atoms with van der Waals surface area (Å²) in [6.45, 7) is 0. The molecule has 0 radical (unpaired) electrons. The fourth-order valence-corrected chi connectivity index (χ4v) is 3.43. The Bertz CT molecular complexity index is 1180. The van der Waals surface area contributed by atoms with Crippen LogP contribution in [0.25, 0.3) is 0 Å². The maximum atomic E-state index is 12.7. The average Bonchev–Trinajstić information content (AvgIpc) is 2.83. The van der Waals surface area contributed by atoms with Gasteiger partial charge < -0.3 is 15.2 Å². The maximum Gasteiger partial charge on any atom is 0.389 e. The number of carbonyl (C=O) groups excluding carboxylic acids is 2. The van der Waals surface area contributed by atoms with Gasteiger partial charge >= 0.3 is 18.1 Å². The number of nitrogens with one attached hydrogen (secondary N) is 1. The van der Waals surface area contributed by atoms with E-state index < -0.39 is 36.5 Å². The Balaban J connectivity index is 1.92. The van der Waals surface area contributed by atoms with Crippen LogP contribution in [-0.2, 0) is 11.2 Å². The third-order valence-corrected chi connectivity index (χ3v) is 5.11. The fraction of sp³-hybridized carbons (Fsp3) is 0.192. The van der Waals surface area contributed by atoms with Crippen LogP contribution in [0.4, 0.5) is 13.2 Å². The second-order valence-corrected chi connectivity index (χ2v) is 7.70. The van der Waals surface area contributed by atoms with Crippen LogP contribution in [-0.4, -0.2) is 29.1 Å². The van der Waals surface area contributed by atoms with Crippen molar-refractivity contribution >= 4 is 17.8 Å². The largest absolute Gasteiger partial charge is 0.479 e. The minimum Gasteiger partial charge on any atom is -0.479 e. The second-order valence-electron chi connectivity index (χ2n) is 7.70. The molecule has 2 N–H and O–H groups in total. The third-order valence-electron chi connectivity index (χ3n) is 5.11. The van der Waals surface area contributed by atoms with Gasteiger partial charge in [0.1, 0.15) is 5.75 Å². The van der Waals surface area contributed by atoms with Gasteiger partial charge in [-0.3, -0.25) is 4.79 Å². The molecule has 0 saturated heterocycles. The van der Waals surface area contributed by atoms with Gasteiger partial charge in [-0.05, 0) is 60.4 Å². The number of amides is 1. The highest BCUT2D eigenvalue weighted by atomic mass is 19.4. The quantitative estimate of drug-likeness (QED) is 0.315. The zero-order valence-corrected chi connectivity index (χ0v) is 18.4. The van der Waals surface area contributed by atoms with Gasteiger partial charge in [0.25, 0.3) is 5.91 Å². The highest BCUT2D eigenvalue weighted by molar-refractivity contribution is 5.97. The number of hydrogen-bond acceptors (Lipinski definition) is 4. The van der Waals surface area contributed by atoms with Gasteiger partial charge in [-0.2, -0.15) is 13.2 Å². The molecule has 1 unspecified atom stereocenters. The Hall–Kier alpha value is -4.14. The molecule has 0 fully saturated rings. The van der Waals surface area contributed by atoms with E-state index in [1.807, 2.05) is 0 Å². The van der Waals surface area contributed by atoms with E-state index >= 15 is 0 Å². The van der Waals surface area contributed by atoms with Crippen molar-refractivity contribution < 1.29 is 37.4 Å². The molecule has 3 aromatic rings. The molecule has 0 saturated carbocycles. The van der Waals surface area contributed by atoms with E-state index in [0.29, 0.717) is 0 Å². The van der Waals surface area contributed by atoms with E-state index in [0.717, 1.165) is 0 Å². The van der Waals surface area contributed by atoms with Crippen LogP contribution < -0.4 is 10.1 Å². The SMILES string of the molecule is O=C(NC(C(=O)O)c1cc(OC(=O)c2ccccc2)ccc1CCCC(F)(F)F)c1ccccc1. The third kappa shape index (κ3) is 7.43. The van der Waals surface area contributed by atoms with Gasteiger partial charge in [-0.1, -0.05) is 42.5 Å². The molecule has 0 aliphatic heterocycles. The lowest BCUT2D eigenvalue weighted by Gasteiger charge is -2.20. The number of aliphatic carboxylic acids is 1. The lowest BCUT2D eigenvalue weighted by molar-refractivity contribution is -0.139. The van der Waals surface area contributed by atoms with E-state index in [1.54, 1.807) is 36.4 Å². The summed E-state index contributed by atoms with van der Waals surface area (Å²) < 4.78 is 43.3. The topological polar surface area (TPSA) is 92.7 Å². The summed E-state index contributed by atoms with van der Waals surface area (Å²) in [6, 6.07) is 18.4. The summed E-state index contributed by atoms with van der Waals surface area (Å²) in [5.41, 5.74) is 0.788. The lowest BCUT2D eigenvalue weighted by atomic mass is 9.95. The number of hydrogen-bond donors (Lipinski definition) is 2. The first-order valence-corrected chi connectivity index (χ1v) is 10.7. The molecule has 6 nitrogen and oxygen atoms in total. The van der Waals surface area contributed by atoms with E-state index in [4.69, 9.17) is 4.74 Å². The first kappa shape index (κ1) is 25.5. The Morgan fingerprint density at radius 3 is 2.06 bits per heavy atom. The molecule has 0 heterocycles. The molecule has 9 heteroatoms. The molecule has 3 aromatic carbocycles. The zero-order chi connectivity index (χ0) is 25.4. The number of carboxylic acids is 1. The summed E-state index contributed by atoms with van der Waals surface area (Å²) in [5.74, 6) is -2.79. The predicted octanol–water partition coefficient (Wildman–Crippen LogP) is 5.35. The molecule has 0 bridgehead atoms. The highest BCUT2D eigenvalue weighted by Crippen LogP contribution is 2.29. The van der Waals surface area contributed by atoms with Crippen LogP contribution in [0, 0.1) is 0 Å². The number of halogens is 3. The van der Waals surface area contributed by atoms with Crippen LogP contribution >= 0.6 is 0 Å². The number of rotatable bonds is 9. The van der Waals surface area contributed by atoms with Crippen LogP contribution in [0.15, 0.2) is 78.9 Å². The van der Waals surface area contributed by atoms with Crippen LogP contribution in [0.1, 0.15) is 50.7 Å². The standard InChI is InChI=1S/C26H22F3NO5/c27-26(28,29)15-7-12-17-13-14-20(35-25(34)19-10-5-2-6-11-19)16-21(17)22(24(32)33)30-23(31)18-8-3-1-4-9-18/h1-6,8-11,13-14,16,22H,7,12,15H2,(H,30,31)(H,32,33). The number of aryl methyl sites for hydroxylation is 1. The Morgan fingerprint density at radius 2 is 1.49 bits per heavy atom. The van der Waals surface area contributed by atoms with Crippen molar-refractivity contribution in [3.8, 4) is 5.75 Å². The summed E-state index contributed by atoms with van der Waals surface area (Å²) in [4.78, 5) is 37.2. The monoisotopic (exact) mass is 485 g/mol. The van der Waals surface area contributed by atoms with Crippen molar-refractivity contribution in [1.29, 1.82) is 0 Å². The van der Waals surface area contributed by atoms with Gasteiger partial charge in [0, 0.05) is 12.0 Å². The number of alkyl halides is 3. The summed E-state index contributed by atoms with van der Waals surface area (Å²) >= 11 is 0. The minimum absolute atomic E-state index is 0.00589. The highest BCUT2D eigenvalue weighted by Gasteiger charge is 2.29. The Morgan fingerprint density at radius 1 is 0.886 bits per heavy atom. The van der Waals surface area contributed by atoms with Crippen molar-refractivity contribution in [2.75, 3.05) is 0 Å². The number of carbonyl (C=O) groups is 3. The number of esters is 1. The molecule has 1 atom stereocenters. The first-order chi connectivity index (χ1) is 16.6. The number of benzene rings is 3. The van der Waals surface area contributed by atoms with Crippen LogP contribution in [0.3, 0.4) is 0 Å². The molecule has 1 amide bonds. The Kier molecular flexibility index (Phi) is 8.25. The van der Waals surface area contributed by atoms with Gasteiger partial charge in [-0.25, -0.2) is 9.59 Å². The van der Waals surface area contributed by atoms with Gasteiger partial charge in [-0.15, -0.1) is 0 Å². The summed E-state index contributed by atoms with van der Waals surface area (Å²) in [5, 5.41) is 12.3. The van der Waals surface area contributed by atoms with Crippen molar-refractivity contribution in [2.24, 2.45) is 0 Å². The Labute approximate surface area is 199 Å². The molecular formula is C26H22F3NO5. The van der Waals surface area contributed by atoms with E-state index in [1.165, 1.54) is 42.5 Å². The van der Waals surface area contributed by atoms with E-state index in [2.05, 4.69) is 5.32 Å². The first-order valence-electron chi connectivity index (χ1n) is 10.7. The predicted molar refractivity (Wildman–Crippen MR) is 121 cm³/mol. The minimum atomic E-state index is -4.36. The molecule has 182 valence electrons. The summed E-state index contributed by atoms with van der Waals surface area (Å²) in [6.07, 6.45) is -5.78. The van der Waals surface area contributed by atoms with Crippen molar-refractivity contribution in [3.05, 3.63) is 101 Å². The maximum absolute atomic E-state index is 12.7. The molecule has 3 rings (SSSR count). The molecule has 0 aromatic heterocycles. The molecule has 0 aliphatic rings.